The highest BCUT2D eigenvalue weighted by Crippen LogP contribution is 2.22. The molecular formula is C10H16N4O2S. The minimum absolute atomic E-state index is 0.176. The lowest BCUT2D eigenvalue weighted by Crippen LogP contribution is -2.41. The van der Waals surface area contributed by atoms with Gasteiger partial charge in [-0.2, -0.15) is 4.98 Å². The quantitative estimate of drug-likeness (QED) is 0.755. The van der Waals surface area contributed by atoms with Crippen molar-refractivity contribution in [3.05, 3.63) is 11.3 Å². The summed E-state index contributed by atoms with van der Waals surface area (Å²) in [6, 6.07) is 0. The second kappa shape index (κ2) is 4.14. The topological polar surface area (TPSA) is 89.2 Å². The van der Waals surface area contributed by atoms with E-state index in [1.807, 2.05) is 18.7 Å². The Hall–Kier alpha value is -1.37. The van der Waals surface area contributed by atoms with Crippen LogP contribution in [0.15, 0.2) is 0 Å². The predicted molar refractivity (Wildman–Crippen MR) is 66.8 cm³/mol. The van der Waals surface area contributed by atoms with Gasteiger partial charge in [0.05, 0.1) is 11.5 Å². The van der Waals surface area contributed by atoms with Gasteiger partial charge < -0.3 is 10.6 Å². The number of aryl methyl sites for hydroxylation is 1. The number of nitrogens with two attached hydrogens (primary N) is 1. The maximum absolute atomic E-state index is 11.4. The molecule has 1 saturated heterocycles. The summed E-state index contributed by atoms with van der Waals surface area (Å²) in [7, 11) is -2.87. The lowest BCUT2D eigenvalue weighted by Gasteiger charge is -2.29. The first kappa shape index (κ1) is 12.1. The van der Waals surface area contributed by atoms with Crippen LogP contribution in [0, 0.1) is 13.8 Å². The number of sulfone groups is 1. The summed E-state index contributed by atoms with van der Waals surface area (Å²) in [5.41, 5.74) is 7.41. The predicted octanol–water partition coefficient (Wildman–Crippen LogP) is -0.0896. The lowest BCUT2D eigenvalue weighted by molar-refractivity contribution is 0.586. The van der Waals surface area contributed by atoms with Crippen molar-refractivity contribution in [3.63, 3.8) is 0 Å². The van der Waals surface area contributed by atoms with Crippen LogP contribution in [0.1, 0.15) is 11.3 Å². The monoisotopic (exact) mass is 256 g/mol. The molecule has 0 radical (unpaired) electrons. The van der Waals surface area contributed by atoms with Crippen molar-refractivity contribution < 1.29 is 8.42 Å². The van der Waals surface area contributed by atoms with E-state index in [1.165, 1.54) is 0 Å². The van der Waals surface area contributed by atoms with E-state index >= 15 is 0 Å². The second-order valence-corrected chi connectivity index (χ2v) is 6.56. The van der Waals surface area contributed by atoms with Crippen LogP contribution < -0.4 is 10.6 Å². The summed E-state index contributed by atoms with van der Waals surface area (Å²) in [6.45, 7) is 4.74. The molecule has 0 amide bonds. The van der Waals surface area contributed by atoms with Crippen molar-refractivity contribution in [2.24, 2.45) is 0 Å². The van der Waals surface area contributed by atoms with Crippen molar-refractivity contribution >= 4 is 21.6 Å². The van der Waals surface area contributed by atoms with Crippen LogP contribution in [-0.4, -0.2) is 43.0 Å². The van der Waals surface area contributed by atoms with Gasteiger partial charge in [0, 0.05) is 24.3 Å². The molecular weight excluding hydrogens is 240 g/mol. The molecule has 2 heterocycles. The number of nitrogen functional groups attached to an aromatic ring is 1. The molecule has 0 unspecified atom stereocenters. The van der Waals surface area contributed by atoms with Crippen molar-refractivity contribution in [1.29, 1.82) is 0 Å². The molecule has 0 saturated carbocycles. The number of anilines is 2. The summed E-state index contributed by atoms with van der Waals surface area (Å²) < 4.78 is 22.7. The van der Waals surface area contributed by atoms with Crippen LogP contribution in [0.2, 0.25) is 0 Å². The number of hydrogen-bond acceptors (Lipinski definition) is 6. The van der Waals surface area contributed by atoms with Gasteiger partial charge in [0.2, 0.25) is 5.95 Å². The van der Waals surface area contributed by atoms with E-state index in [0.29, 0.717) is 13.1 Å². The van der Waals surface area contributed by atoms with Crippen LogP contribution in [0.3, 0.4) is 0 Å². The van der Waals surface area contributed by atoms with E-state index < -0.39 is 9.84 Å². The molecule has 1 aromatic heterocycles. The summed E-state index contributed by atoms with van der Waals surface area (Å²) >= 11 is 0. The zero-order chi connectivity index (χ0) is 12.6. The molecule has 7 heteroatoms. The van der Waals surface area contributed by atoms with Gasteiger partial charge in [-0.3, -0.25) is 0 Å². The van der Waals surface area contributed by atoms with Gasteiger partial charge in [0.25, 0.3) is 0 Å². The fourth-order valence-electron chi connectivity index (χ4n) is 1.87. The zero-order valence-corrected chi connectivity index (χ0v) is 10.8. The Bertz CT molecular complexity index is 527. The zero-order valence-electron chi connectivity index (χ0n) is 9.97. The minimum Gasteiger partial charge on any atom is -0.368 e. The van der Waals surface area contributed by atoms with Crippen molar-refractivity contribution in [1.82, 2.24) is 9.97 Å². The molecule has 2 N–H and O–H groups in total. The van der Waals surface area contributed by atoms with Gasteiger partial charge in [-0.25, -0.2) is 13.4 Å². The van der Waals surface area contributed by atoms with E-state index in [-0.39, 0.29) is 17.5 Å². The normalized spacial score (nSPS) is 19.3. The van der Waals surface area contributed by atoms with Gasteiger partial charge in [-0.05, 0) is 13.8 Å². The van der Waals surface area contributed by atoms with Gasteiger partial charge in [0.15, 0.2) is 9.84 Å². The molecule has 2 rings (SSSR count). The van der Waals surface area contributed by atoms with Crippen molar-refractivity contribution in [2.75, 3.05) is 35.2 Å². The Balaban J connectivity index is 2.30. The Morgan fingerprint density at radius 3 is 2.35 bits per heavy atom. The first-order valence-electron chi connectivity index (χ1n) is 5.45. The summed E-state index contributed by atoms with van der Waals surface area (Å²) in [4.78, 5) is 10.2. The van der Waals surface area contributed by atoms with Crippen LogP contribution in [0.5, 0.6) is 0 Å². The summed E-state index contributed by atoms with van der Waals surface area (Å²) in [6.07, 6.45) is 0. The van der Waals surface area contributed by atoms with E-state index in [4.69, 9.17) is 5.73 Å². The molecule has 1 aliphatic heterocycles. The molecule has 6 nitrogen and oxygen atoms in total. The smallest absolute Gasteiger partial charge is 0.222 e. The number of aromatic nitrogens is 2. The van der Waals surface area contributed by atoms with Crippen LogP contribution in [0.4, 0.5) is 11.8 Å². The molecule has 0 aromatic carbocycles. The first-order valence-corrected chi connectivity index (χ1v) is 7.27. The molecule has 0 spiro atoms. The molecule has 0 aliphatic carbocycles. The molecule has 1 aromatic rings. The summed E-state index contributed by atoms with van der Waals surface area (Å²) in [5.74, 6) is 1.34. The largest absolute Gasteiger partial charge is 0.368 e. The van der Waals surface area contributed by atoms with Gasteiger partial charge in [-0.1, -0.05) is 0 Å². The van der Waals surface area contributed by atoms with Crippen molar-refractivity contribution in [3.8, 4) is 0 Å². The first-order chi connectivity index (χ1) is 7.89. The Labute approximate surface area is 101 Å². The fourth-order valence-corrected chi connectivity index (χ4v) is 3.07. The molecule has 1 fully saturated rings. The molecule has 1 aliphatic rings. The maximum Gasteiger partial charge on any atom is 0.222 e. The Morgan fingerprint density at radius 2 is 1.76 bits per heavy atom. The molecule has 0 atom stereocenters. The average molecular weight is 256 g/mol. The molecule has 94 valence electrons. The van der Waals surface area contributed by atoms with Gasteiger partial charge in [-0.15, -0.1) is 0 Å². The highest BCUT2D eigenvalue weighted by molar-refractivity contribution is 7.91. The van der Waals surface area contributed by atoms with E-state index in [1.54, 1.807) is 0 Å². The number of rotatable bonds is 1. The lowest BCUT2D eigenvalue weighted by atomic mass is 10.2. The molecule has 17 heavy (non-hydrogen) atoms. The van der Waals surface area contributed by atoms with Crippen LogP contribution in [0.25, 0.3) is 0 Å². The third-order valence-electron chi connectivity index (χ3n) is 3.02. The SMILES string of the molecule is Cc1nc(N)nc(N2CCS(=O)(=O)CC2)c1C. The van der Waals surface area contributed by atoms with Crippen molar-refractivity contribution in [2.45, 2.75) is 13.8 Å². The third-order valence-corrected chi connectivity index (χ3v) is 4.63. The van der Waals surface area contributed by atoms with E-state index in [2.05, 4.69) is 9.97 Å². The average Bonchev–Trinajstić information content (AvgIpc) is 2.24. The second-order valence-electron chi connectivity index (χ2n) is 4.25. The Morgan fingerprint density at radius 1 is 1.18 bits per heavy atom. The highest BCUT2D eigenvalue weighted by Gasteiger charge is 2.24. The Kier molecular flexibility index (Phi) is 2.94. The van der Waals surface area contributed by atoms with Gasteiger partial charge >= 0.3 is 0 Å². The number of hydrogen-bond donors (Lipinski definition) is 1. The third kappa shape index (κ3) is 2.49. The van der Waals surface area contributed by atoms with Gasteiger partial charge in [0.1, 0.15) is 5.82 Å². The maximum atomic E-state index is 11.4. The standard InChI is InChI=1S/C10H16N4O2S/c1-7-8(2)12-10(11)13-9(7)14-3-5-17(15,16)6-4-14/h3-6H2,1-2H3,(H2,11,12,13). The molecule has 0 bridgehead atoms. The van der Waals surface area contributed by atoms with Crippen LogP contribution in [-0.2, 0) is 9.84 Å². The highest BCUT2D eigenvalue weighted by atomic mass is 32.2. The number of nitrogens with zero attached hydrogens (tertiary/aromatic N) is 3. The van der Waals surface area contributed by atoms with E-state index in [9.17, 15) is 8.42 Å². The van der Waals surface area contributed by atoms with Crippen LogP contribution >= 0.6 is 0 Å². The fraction of sp³-hybridized carbons (Fsp3) is 0.600. The summed E-state index contributed by atoms with van der Waals surface area (Å²) in [5, 5.41) is 0. The minimum atomic E-state index is -2.87. The van der Waals surface area contributed by atoms with E-state index in [0.717, 1.165) is 17.1 Å².